The number of carbonyl (C=O) groups is 2. The Hall–Kier alpha value is -3.50. The van der Waals surface area contributed by atoms with Gasteiger partial charge in [0.2, 0.25) is 5.91 Å². The van der Waals surface area contributed by atoms with E-state index in [1.54, 1.807) is 24.3 Å². The Morgan fingerprint density at radius 1 is 1.17 bits per heavy atom. The number of rotatable bonds is 7. The Morgan fingerprint density at radius 2 is 1.97 bits per heavy atom. The van der Waals surface area contributed by atoms with Gasteiger partial charge in [0.05, 0.1) is 17.3 Å². The number of nitrogens with one attached hydrogen (secondary N) is 2. The first-order valence-corrected chi connectivity index (χ1v) is 10.0. The lowest BCUT2D eigenvalue weighted by Gasteiger charge is -2.04. The number of hydrogen-bond donors (Lipinski definition) is 2. The third kappa shape index (κ3) is 5.74. The second-order valence-electron chi connectivity index (χ2n) is 6.47. The highest BCUT2D eigenvalue weighted by Gasteiger charge is 2.10. The zero-order valence-corrected chi connectivity index (χ0v) is 16.8. The average molecular weight is 404 g/mol. The van der Waals surface area contributed by atoms with Crippen molar-refractivity contribution >= 4 is 28.3 Å². The number of amides is 2. The highest BCUT2D eigenvalue weighted by Crippen LogP contribution is 2.25. The van der Waals surface area contributed by atoms with Crippen molar-refractivity contribution in [1.29, 1.82) is 5.26 Å². The standard InChI is InChI=1S/C22H20N4O2S/c1-15(27)24-11-3-5-16-7-9-18(10-8-16)20-14-29-22(25-20)26-21(28)19-6-2-4-17(12-19)13-23/h2,4,6-10,12,14H,3,5,11H2,1H3,(H,24,27)(H,25,26,28). The number of hydrogen-bond acceptors (Lipinski definition) is 5. The molecule has 3 rings (SSSR count). The van der Waals surface area contributed by atoms with Gasteiger partial charge in [0.25, 0.3) is 5.91 Å². The molecule has 29 heavy (non-hydrogen) atoms. The fourth-order valence-corrected chi connectivity index (χ4v) is 3.48. The van der Waals surface area contributed by atoms with Crippen LogP contribution in [0.1, 0.15) is 34.8 Å². The van der Waals surface area contributed by atoms with E-state index in [4.69, 9.17) is 5.26 Å². The predicted octanol–water partition coefficient (Wildman–Crippen LogP) is 4.00. The van der Waals surface area contributed by atoms with Gasteiger partial charge in [0.1, 0.15) is 0 Å². The Labute approximate surface area is 173 Å². The molecule has 7 heteroatoms. The van der Waals surface area contributed by atoms with Gasteiger partial charge in [-0.2, -0.15) is 5.26 Å². The van der Waals surface area contributed by atoms with E-state index in [9.17, 15) is 9.59 Å². The maximum absolute atomic E-state index is 12.4. The highest BCUT2D eigenvalue weighted by molar-refractivity contribution is 7.14. The molecule has 0 radical (unpaired) electrons. The molecule has 0 saturated carbocycles. The first-order chi connectivity index (χ1) is 14.0. The molecule has 0 aliphatic heterocycles. The SMILES string of the molecule is CC(=O)NCCCc1ccc(-c2csc(NC(=O)c3cccc(C#N)c3)n2)cc1. The second-order valence-corrected chi connectivity index (χ2v) is 7.33. The molecule has 0 bridgehead atoms. The first kappa shape index (κ1) is 20.2. The van der Waals surface area contributed by atoms with Crippen molar-refractivity contribution in [2.24, 2.45) is 0 Å². The van der Waals surface area contributed by atoms with Crippen LogP contribution < -0.4 is 10.6 Å². The van der Waals surface area contributed by atoms with Gasteiger partial charge in [-0.15, -0.1) is 11.3 Å². The molecule has 0 fully saturated rings. The molecule has 0 saturated heterocycles. The maximum Gasteiger partial charge on any atom is 0.257 e. The smallest absolute Gasteiger partial charge is 0.257 e. The normalized spacial score (nSPS) is 10.2. The van der Waals surface area contributed by atoms with Crippen LogP contribution in [0.3, 0.4) is 0 Å². The summed E-state index contributed by atoms with van der Waals surface area (Å²) in [4.78, 5) is 27.7. The lowest BCUT2D eigenvalue weighted by Crippen LogP contribution is -2.21. The number of nitriles is 1. The summed E-state index contributed by atoms with van der Waals surface area (Å²) in [6.07, 6.45) is 1.78. The number of carbonyl (C=O) groups excluding carboxylic acids is 2. The summed E-state index contributed by atoms with van der Waals surface area (Å²) in [5.74, 6) is -0.304. The number of anilines is 1. The molecule has 0 aliphatic carbocycles. The van der Waals surface area contributed by atoms with Crippen molar-refractivity contribution in [1.82, 2.24) is 10.3 Å². The fourth-order valence-electron chi connectivity index (χ4n) is 2.76. The number of aryl methyl sites for hydroxylation is 1. The molecule has 6 nitrogen and oxygen atoms in total. The monoisotopic (exact) mass is 404 g/mol. The summed E-state index contributed by atoms with van der Waals surface area (Å²) in [6.45, 7) is 2.19. The summed E-state index contributed by atoms with van der Waals surface area (Å²) in [6, 6.07) is 16.7. The van der Waals surface area contributed by atoms with Crippen LogP contribution in [0.5, 0.6) is 0 Å². The minimum Gasteiger partial charge on any atom is -0.356 e. The van der Waals surface area contributed by atoms with Crippen LogP contribution in [0.25, 0.3) is 11.3 Å². The van der Waals surface area contributed by atoms with Crippen LogP contribution in [-0.2, 0) is 11.2 Å². The van der Waals surface area contributed by atoms with E-state index in [0.717, 1.165) is 24.1 Å². The quantitative estimate of drug-likeness (QED) is 0.582. The Kier molecular flexibility index (Phi) is 6.72. The summed E-state index contributed by atoms with van der Waals surface area (Å²) >= 11 is 1.35. The topological polar surface area (TPSA) is 94.9 Å². The Balaban J connectivity index is 1.60. The number of aromatic nitrogens is 1. The van der Waals surface area contributed by atoms with E-state index in [-0.39, 0.29) is 11.8 Å². The molecular formula is C22H20N4O2S. The van der Waals surface area contributed by atoms with Crippen molar-refractivity contribution in [3.05, 3.63) is 70.6 Å². The predicted molar refractivity (Wildman–Crippen MR) is 114 cm³/mol. The molecule has 0 atom stereocenters. The van der Waals surface area contributed by atoms with Gasteiger partial charge in [-0.1, -0.05) is 30.3 Å². The van der Waals surface area contributed by atoms with Crippen LogP contribution in [0.15, 0.2) is 53.9 Å². The molecule has 146 valence electrons. The molecule has 3 aromatic rings. The van der Waals surface area contributed by atoms with Crippen molar-refractivity contribution in [2.45, 2.75) is 19.8 Å². The highest BCUT2D eigenvalue weighted by atomic mass is 32.1. The maximum atomic E-state index is 12.4. The van der Waals surface area contributed by atoms with Gasteiger partial charge >= 0.3 is 0 Å². The van der Waals surface area contributed by atoms with E-state index < -0.39 is 0 Å². The van der Waals surface area contributed by atoms with Gasteiger partial charge in [0, 0.05) is 30.0 Å². The zero-order chi connectivity index (χ0) is 20.6. The first-order valence-electron chi connectivity index (χ1n) is 9.16. The molecular weight excluding hydrogens is 384 g/mol. The minimum atomic E-state index is -0.294. The molecule has 1 heterocycles. The lowest BCUT2D eigenvalue weighted by atomic mass is 10.1. The largest absolute Gasteiger partial charge is 0.356 e. The van der Waals surface area contributed by atoms with Gasteiger partial charge < -0.3 is 5.32 Å². The van der Waals surface area contributed by atoms with Crippen LogP contribution in [0.4, 0.5) is 5.13 Å². The Bertz CT molecular complexity index is 1050. The van der Waals surface area contributed by atoms with Crippen molar-refractivity contribution in [3.63, 3.8) is 0 Å². The fraction of sp³-hybridized carbons (Fsp3) is 0.182. The summed E-state index contributed by atoms with van der Waals surface area (Å²) < 4.78 is 0. The van der Waals surface area contributed by atoms with Crippen molar-refractivity contribution < 1.29 is 9.59 Å². The zero-order valence-electron chi connectivity index (χ0n) is 15.9. The van der Waals surface area contributed by atoms with E-state index in [2.05, 4.69) is 15.6 Å². The van der Waals surface area contributed by atoms with Gasteiger partial charge in [-0.05, 0) is 36.6 Å². The summed E-state index contributed by atoms with van der Waals surface area (Å²) in [7, 11) is 0. The third-order valence-corrected chi connectivity index (χ3v) is 5.00. The molecule has 0 unspecified atom stereocenters. The van der Waals surface area contributed by atoms with Crippen LogP contribution >= 0.6 is 11.3 Å². The summed E-state index contributed by atoms with van der Waals surface area (Å²) in [5, 5.41) is 16.9. The number of benzene rings is 2. The van der Waals surface area contributed by atoms with E-state index in [0.29, 0.717) is 22.8 Å². The van der Waals surface area contributed by atoms with Crippen molar-refractivity contribution in [2.75, 3.05) is 11.9 Å². The van der Waals surface area contributed by atoms with E-state index in [1.807, 2.05) is 35.7 Å². The van der Waals surface area contributed by atoms with Gasteiger partial charge in [0.15, 0.2) is 5.13 Å². The summed E-state index contributed by atoms with van der Waals surface area (Å²) in [5.41, 5.74) is 3.82. The molecule has 2 aromatic carbocycles. The Morgan fingerprint density at radius 3 is 2.69 bits per heavy atom. The third-order valence-electron chi connectivity index (χ3n) is 4.24. The lowest BCUT2D eigenvalue weighted by molar-refractivity contribution is -0.118. The van der Waals surface area contributed by atoms with E-state index >= 15 is 0 Å². The molecule has 1 aromatic heterocycles. The molecule has 0 spiro atoms. The molecule has 0 aliphatic rings. The second kappa shape index (κ2) is 9.62. The molecule has 2 amide bonds. The average Bonchev–Trinajstić information content (AvgIpc) is 3.20. The van der Waals surface area contributed by atoms with Crippen molar-refractivity contribution in [3.8, 4) is 17.3 Å². The van der Waals surface area contributed by atoms with E-state index in [1.165, 1.54) is 23.8 Å². The van der Waals surface area contributed by atoms with Crippen LogP contribution in [0.2, 0.25) is 0 Å². The number of thiazole rings is 1. The number of nitrogens with zero attached hydrogens (tertiary/aromatic N) is 2. The van der Waals surface area contributed by atoms with Gasteiger partial charge in [-0.3, -0.25) is 14.9 Å². The minimum absolute atomic E-state index is 0.00968. The molecule has 2 N–H and O–H groups in total. The van der Waals surface area contributed by atoms with Crippen LogP contribution in [0, 0.1) is 11.3 Å². The van der Waals surface area contributed by atoms with Crippen LogP contribution in [-0.4, -0.2) is 23.3 Å². The van der Waals surface area contributed by atoms with Gasteiger partial charge in [-0.25, -0.2) is 4.98 Å².